The Morgan fingerprint density at radius 3 is 2.46 bits per heavy atom. The van der Waals surface area contributed by atoms with Crippen molar-refractivity contribution in [2.75, 3.05) is 0 Å². The molecule has 0 unspecified atom stereocenters. The van der Waals surface area contributed by atoms with Crippen LogP contribution in [0, 0.1) is 12.3 Å². The van der Waals surface area contributed by atoms with Gasteiger partial charge in [0, 0.05) is 11.1 Å². The Bertz CT molecular complexity index is 1100. The van der Waals surface area contributed by atoms with Crippen LogP contribution in [-0.2, 0) is 13.0 Å². The molecule has 0 atom stereocenters. The van der Waals surface area contributed by atoms with Gasteiger partial charge in [0.15, 0.2) is 10.6 Å². The molecule has 0 bridgehead atoms. The lowest BCUT2D eigenvalue weighted by Crippen LogP contribution is -2.16. The van der Waals surface area contributed by atoms with Crippen molar-refractivity contribution in [1.29, 1.82) is 0 Å². The number of benzene rings is 2. The number of Topliss-reactive ketones (excluding diaryl/α,β-unsaturated/α-hetero) is 1. The van der Waals surface area contributed by atoms with Crippen molar-refractivity contribution in [1.82, 2.24) is 4.57 Å². The summed E-state index contributed by atoms with van der Waals surface area (Å²) in [4.78, 5) is 28.8. The third kappa shape index (κ3) is 3.51. The molecule has 0 aliphatic rings. The number of rotatable bonds is 4. The van der Waals surface area contributed by atoms with E-state index in [1.54, 1.807) is 24.3 Å². The standard InChI is InChI=1S/C21H18N2O2S/c1-4-12-23-18-11-6-15(5-2)13-19(18)26-21(23)22-20(25)17-9-7-16(8-10-17)14(3)24/h1,6-11,13H,5,12H2,2-3H3. The Morgan fingerprint density at radius 2 is 1.85 bits per heavy atom. The predicted octanol–water partition coefficient (Wildman–Crippen LogP) is 3.84. The van der Waals surface area contributed by atoms with E-state index in [0.29, 0.717) is 22.5 Å². The van der Waals surface area contributed by atoms with Crippen LogP contribution in [-0.4, -0.2) is 16.3 Å². The molecule has 0 aliphatic heterocycles. The van der Waals surface area contributed by atoms with Crippen LogP contribution in [0.3, 0.4) is 0 Å². The lowest BCUT2D eigenvalue weighted by atomic mass is 10.1. The Morgan fingerprint density at radius 1 is 1.15 bits per heavy atom. The fraction of sp³-hybridized carbons (Fsp3) is 0.190. The molecule has 5 heteroatoms. The summed E-state index contributed by atoms with van der Waals surface area (Å²) in [7, 11) is 0. The molecular weight excluding hydrogens is 344 g/mol. The quantitative estimate of drug-likeness (QED) is 0.523. The van der Waals surface area contributed by atoms with Gasteiger partial charge < -0.3 is 4.57 Å². The average Bonchev–Trinajstić information content (AvgIpc) is 2.98. The number of carbonyl (C=O) groups is 2. The molecular formula is C21H18N2O2S. The Kier molecular flexibility index (Phi) is 5.15. The number of hydrogen-bond donors (Lipinski definition) is 0. The second-order valence-electron chi connectivity index (χ2n) is 5.88. The van der Waals surface area contributed by atoms with Crippen LogP contribution < -0.4 is 4.80 Å². The minimum absolute atomic E-state index is 0.0379. The average molecular weight is 362 g/mol. The van der Waals surface area contributed by atoms with Gasteiger partial charge in [-0.05, 0) is 43.2 Å². The van der Waals surface area contributed by atoms with E-state index in [-0.39, 0.29) is 11.7 Å². The van der Waals surface area contributed by atoms with Gasteiger partial charge in [-0.15, -0.1) is 6.42 Å². The van der Waals surface area contributed by atoms with Gasteiger partial charge >= 0.3 is 0 Å². The van der Waals surface area contributed by atoms with Crippen molar-refractivity contribution in [2.24, 2.45) is 4.99 Å². The number of amides is 1. The van der Waals surface area contributed by atoms with Crippen molar-refractivity contribution in [2.45, 2.75) is 26.8 Å². The highest BCUT2D eigenvalue weighted by atomic mass is 32.1. The number of aromatic nitrogens is 1. The number of hydrogen-bond acceptors (Lipinski definition) is 3. The molecule has 26 heavy (non-hydrogen) atoms. The van der Waals surface area contributed by atoms with Gasteiger partial charge in [0.25, 0.3) is 5.91 Å². The summed E-state index contributed by atoms with van der Waals surface area (Å²) in [5, 5.41) is 0. The first-order chi connectivity index (χ1) is 12.5. The summed E-state index contributed by atoms with van der Waals surface area (Å²) in [6.07, 6.45) is 6.44. The molecule has 0 saturated heterocycles. The highest BCUT2D eigenvalue weighted by Crippen LogP contribution is 2.19. The van der Waals surface area contributed by atoms with Crippen LogP contribution in [0.5, 0.6) is 0 Å². The summed E-state index contributed by atoms with van der Waals surface area (Å²) >= 11 is 1.45. The molecule has 2 aromatic carbocycles. The fourth-order valence-electron chi connectivity index (χ4n) is 2.67. The SMILES string of the molecule is C#CCn1c(=NC(=O)c2ccc(C(C)=O)cc2)sc2cc(CC)ccc21. The number of ketones is 1. The highest BCUT2D eigenvalue weighted by molar-refractivity contribution is 7.16. The van der Waals surface area contributed by atoms with Crippen LogP contribution in [0.1, 0.15) is 40.1 Å². The van der Waals surface area contributed by atoms with Crippen LogP contribution in [0.2, 0.25) is 0 Å². The Hall–Kier alpha value is -2.97. The normalized spacial score (nSPS) is 11.5. The lowest BCUT2D eigenvalue weighted by molar-refractivity contribution is 0.0991. The molecule has 0 aliphatic carbocycles. The minimum atomic E-state index is -0.354. The summed E-state index contributed by atoms with van der Waals surface area (Å²) in [5.41, 5.74) is 3.21. The predicted molar refractivity (Wildman–Crippen MR) is 104 cm³/mol. The molecule has 0 N–H and O–H groups in total. The zero-order valence-corrected chi connectivity index (χ0v) is 15.5. The third-order valence-electron chi connectivity index (χ3n) is 4.14. The number of fused-ring (bicyclic) bond motifs is 1. The van der Waals surface area contributed by atoms with E-state index in [4.69, 9.17) is 6.42 Å². The smallest absolute Gasteiger partial charge is 0.279 e. The molecule has 0 fully saturated rings. The molecule has 0 spiro atoms. The summed E-state index contributed by atoms with van der Waals surface area (Å²) in [6, 6.07) is 12.7. The first kappa shape index (κ1) is 17.8. The van der Waals surface area contributed by atoms with E-state index in [1.165, 1.54) is 23.8 Å². The van der Waals surface area contributed by atoms with E-state index in [2.05, 4.69) is 30.0 Å². The maximum Gasteiger partial charge on any atom is 0.279 e. The molecule has 1 amide bonds. The molecule has 3 aromatic rings. The van der Waals surface area contributed by atoms with Gasteiger partial charge in [-0.25, -0.2) is 0 Å². The molecule has 0 saturated carbocycles. The van der Waals surface area contributed by atoms with E-state index in [9.17, 15) is 9.59 Å². The number of nitrogens with zero attached hydrogens (tertiary/aromatic N) is 2. The largest absolute Gasteiger partial charge is 0.305 e. The van der Waals surface area contributed by atoms with Crippen molar-refractivity contribution in [3.8, 4) is 12.3 Å². The first-order valence-corrected chi connectivity index (χ1v) is 9.11. The second kappa shape index (κ2) is 7.51. The fourth-order valence-corrected chi connectivity index (χ4v) is 3.76. The van der Waals surface area contributed by atoms with Gasteiger partial charge in [0.2, 0.25) is 0 Å². The van der Waals surface area contributed by atoms with Crippen molar-refractivity contribution < 1.29 is 9.59 Å². The van der Waals surface area contributed by atoms with Gasteiger partial charge in [-0.1, -0.05) is 42.4 Å². The number of aryl methyl sites for hydroxylation is 1. The van der Waals surface area contributed by atoms with E-state index >= 15 is 0 Å². The number of thiazole rings is 1. The van der Waals surface area contributed by atoms with Gasteiger partial charge in [-0.3, -0.25) is 9.59 Å². The minimum Gasteiger partial charge on any atom is -0.305 e. The highest BCUT2D eigenvalue weighted by Gasteiger charge is 2.10. The summed E-state index contributed by atoms with van der Waals surface area (Å²) < 4.78 is 2.93. The van der Waals surface area contributed by atoms with E-state index in [0.717, 1.165) is 16.6 Å². The van der Waals surface area contributed by atoms with Crippen molar-refractivity contribution >= 4 is 33.2 Å². The van der Waals surface area contributed by atoms with Crippen LogP contribution in [0.25, 0.3) is 10.2 Å². The molecule has 4 nitrogen and oxygen atoms in total. The van der Waals surface area contributed by atoms with E-state index < -0.39 is 0 Å². The zero-order valence-electron chi connectivity index (χ0n) is 14.7. The molecule has 0 radical (unpaired) electrons. The van der Waals surface area contributed by atoms with Crippen LogP contribution in [0.4, 0.5) is 0 Å². The molecule has 3 rings (SSSR count). The van der Waals surface area contributed by atoms with E-state index in [1.807, 2.05) is 10.6 Å². The monoisotopic (exact) mass is 362 g/mol. The van der Waals surface area contributed by atoms with Gasteiger partial charge in [0.05, 0.1) is 16.8 Å². The van der Waals surface area contributed by atoms with Crippen LogP contribution in [0.15, 0.2) is 47.5 Å². The molecule has 130 valence electrons. The van der Waals surface area contributed by atoms with Gasteiger partial charge in [-0.2, -0.15) is 4.99 Å². The maximum absolute atomic E-state index is 12.5. The number of carbonyl (C=O) groups excluding carboxylic acids is 2. The first-order valence-electron chi connectivity index (χ1n) is 8.29. The second-order valence-corrected chi connectivity index (χ2v) is 6.89. The van der Waals surface area contributed by atoms with Crippen LogP contribution >= 0.6 is 11.3 Å². The Labute approximate surface area is 155 Å². The van der Waals surface area contributed by atoms with Crippen molar-refractivity contribution in [3.05, 3.63) is 64.0 Å². The molecule has 1 aromatic heterocycles. The van der Waals surface area contributed by atoms with Gasteiger partial charge in [0.1, 0.15) is 0 Å². The Balaban J connectivity index is 2.07. The summed E-state index contributed by atoms with van der Waals surface area (Å²) in [6.45, 7) is 3.94. The topological polar surface area (TPSA) is 51.4 Å². The third-order valence-corrected chi connectivity index (χ3v) is 5.18. The molecule has 1 heterocycles. The number of terminal acetylenes is 1. The lowest BCUT2D eigenvalue weighted by Gasteiger charge is -2.01. The summed E-state index contributed by atoms with van der Waals surface area (Å²) in [5.74, 6) is 2.23. The maximum atomic E-state index is 12.5. The van der Waals surface area contributed by atoms with Crippen molar-refractivity contribution in [3.63, 3.8) is 0 Å². The zero-order chi connectivity index (χ0) is 18.7.